The highest BCUT2D eigenvalue weighted by Crippen LogP contribution is 2.22. The topological polar surface area (TPSA) is 93.0 Å². The summed E-state index contributed by atoms with van der Waals surface area (Å²) in [5.74, 6) is -0.503. The highest BCUT2D eigenvalue weighted by molar-refractivity contribution is 5.94. The van der Waals surface area contributed by atoms with Crippen molar-refractivity contribution in [2.75, 3.05) is 5.73 Å². The minimum absolute atomic E-state index is 0.155. The summed E-state index contributed by atoms with van der Waals surface area (Å²) in [6.07, 6.45) is -3.29. The maximum absolute atomic E-state index is 12.0. The minimum Gasteiger partial charge on any atom is -0.406 e. The molecule has 6 nitrogen and oxygen atoms in total. The monoisotopic (exact) mass is 300 g/mol. The van der Waals surface area contributed by atoms with Crippen LogP contribution in [0.15, 0.2) is 30.5 Å². The van der Waals surface area contributed by atoms with Crippen molar-refractivity contribution in [2.24, 2.45) is 0 Å². The van der Waals surface area contributed by atoms with Crippen LogP contribution in [-0.2, 0) is 6.54 Å². The van der Waals surface area contributed by atoms with Crippen LogP contribution < -0.4 is 15.8 Å². The number of amides is 1. The molecule has 0 radical (unpaired) electrons. The van der Waals surface area contributed by atoms with Gasteiger partial charge in [0.15, 0.2) is 0 Å². The summed E-state index contributed by atoms with van der Waals surface area (Å²) in [4.78, 5) is 11.8. The summed E-state index contributed by atoms with van der Waals surface area (Å²) in [5.41, 5.74) is 6.36. The van der Waals surface area contributed by atoms with Gasteiger partial charge in [0, 0.05) is 17.7 Å². The van der Waals surface area contributed by atoms with Crippen LogP contribution >= 0.6 is 0 Å². The molecule has 0 aliphatic carbocycles. The average Bonchev–Trinajstić information content (AvgIpc) is 2.80. The van der Waals surface area contributed by atoms with Crippen LogP contribution in [0.25, 0.3) is 0 Å². The molecule has 9 heteroatoms. The number of carbonyl (C=O) groups excluding carboxylic acids is 1. The molecule has 4 N–H and O–H groups in total. The first-order valence-electron chi connectivity index (χ1n) is 5.77. The number of anilines is 1. The number of nitrogen functional groups attached to an aromatic ring is 1. The average molecular weight is 300 g/mol. The van der Waals surface area contributed by atoms with Gasteiger partial charge in [-0.3, -0.25) is 9.89 Å². The molecule has 2 rings (SSSR count). The lowest BCUT2D eigenvalue weighted by Gasteiger charge is -2.09. The van der Waals surface area contributed by atoms with E-state index in [1.807, 2.05) is 0 Å². The summed E-state index contributed by atoms with van der Waals surface area (Å²) in [7, 11) is 0. The number of rotatable bonds is 4. The Morgan fingerprint density at radius 3 is 2.52 bits per heavy atom. The van der Waals surface area contributed by atoms with Crippen LogP contribution in [-0.4, -0.2) is 22.5 Å². The zero-order chi connectivity index (χ0) is 15.5. The van der Waals surface area contributed by atoms with E-state index in [0.29, 0.717) is 11.4 Å². The number of H-pyrrole nitrogens is 1. The molecule has 0 bridgehead atoms. The van der Waals surface area contributed by atoms with Crippen LogP contribution in [0, 0.1) is 0 Å². The zero-order valence-corrected chi connectivity index (χ0v) is 10.6. The van der Waals surface area contributed by atoms with Crippen LogP contribution in [0.1, 0.15) is 15.9 Å². The van der Waals surface area contributed by atoms with Gasteiger partial charge in [-0.15, -0.1) is 13.2 Å². The van der Waals surface area contributed by atoms with E-state index in [1.165, 1.54) is 18.3 Å². The highest BCUT2D eigenvalue weighted by atomic mass is 19.4. The third-order valence-corrected chi connectivity index (χ3v) is 2.54. The Hall–Kier alpha value is -2.71. The van der Waals surface area contributed by atoms with E-state index in [2.05, 4.69) is 20.3 Å². The number of carbonyl (C=O) groups is 1. The number of hydrogen-bond donors (Lipinski definition) is 3. The SMILES string of the molecule is Nc1[nH]ncc1CNC(=O)c1ccc(OC(F)(F)F)cc1. The van der Waals surface area contributed by atoms with Gasteiger partial charge in [0.1, 0.15) is 11.6 Å². The number of halogens is 3. The highest BCUT2D eigenvalue weighted by Gasteiger charge is 2.31. The Labute approximate surface area is 117 Å². The number of ether oxygens (including phenoxy) is 1. The molecule has 0 aliphatic rings. The lowest BCUT2D eigenvalue weighted by atomic mass is 10.2. The van der Waals surface area contributed by atoms with Crippen molar-refractivity contribution in [1.82, 2.24) is 15.5 Å². The molecule has 2 aromatic rings. The molecule has 0 unspecified atom stereocenters. The smallest absolute Gasteiger partial charge is 0.406 e. The summed E-state index contributed by atoms with van der Waals surface area (Å²) in [6, 6.07) is 4.59. The van der Waals surface area contributed by atoms with E-state index in [1.54, 1.807) is 0 Å². The summed E-state index contributed by atoms with van der Waals surface area (Å²) in [6.45, 7) is 0.155. The van der Waals surface area contributed by atoms with Gasteiger partial charge in [-0.1, -0.05) is 0 Å². The molecule has 1 aromatic heterocycles. The van der Waals surface area contributed by atoms with Crippen molar-refractivity contribution in [3.05, 3.63) is 41.6 Å². The number of nitrogens with two attached hydrogens (primary N) is 1. The number of alkyl halides is 3. The lowest BCUT2D eigenvalue weighted by molar-refractivity contribution is -0.274. The first-order valence-corrected chi connectivity index (χ1v) is 5.77. The maximum atomic E-state index is 12.0. The number of hydrogen-bond acceptors (Lipinski definition) is 4. The number of nitrogens with zero attached hydrogens (tertiary/aromatic N) is 1. The quantitative estimate of drug-likeness (QED) is 0.803. The van der Waals surface area contributed by atoms with Crippen LogP contribution in [0.3, 0.4) is 0 Å². The van der Waals surface area contributed by atoms with E-state index in [0.717, 1.165) is 12.1 Å². The second kappa shape index (κ2) is 5.73. The fraction of sp³-hybridized carbons (Fsp3) is 0.167. The van der Waals surface area contributed by atoms with Gasteiger partial charge in [-0.25, -0.2) is 0 Å². The van der Waals surface area contributed by atoms with Crippen molar-refractivity contribution in [1.29, 1.82) is 0 Å². The van der Waals surface area contributed by atoms with E-state index >= 15 is 0 Å². The molecule has 0 fully saturated rings. The second-order valence-corrected chi connectivity index (χ2v) is 4.06. The van der Waals surface area contributed by atoms with E-state index in [4.69, 9.17) is 5.73 Å². The third kappa shape index (κ3) is 4.13. The Kier molecular flexibility index (Phi) is 4.01. The molecule has 0 aliphatic heterocycles. The van der Waals surface area contributed by atoms with Crippen molar-refractivity contribution in [3.63, 3.8) is 0 Å². The Balaban J connectivity index is 1.95. The predicted octanol–water partition coefficient (Wildman–Crippen LogP) is 1.82. The normalized spacial score (nSPS) is 11.2. The van der Waals surface area contributed by atoms with E-state index in [-0.39, 0.29) is 12.1 Å². The Morgan fingerprint density at radius 1 is 1.33 bits per heavy atom. The molecule has 0 saturated heterocycles. The molecule has 1 heterocycles. The molecule has 0 atom stereocenters. The van der Waals surface area contributed by atoms with Crippen molar-refractivity contribution in [3.8, 4) is 5.75 Å². The van der Waals surface area contributed by atoms with E-state index in [9.17, 15) is 18.0 Å². The van der Waals surface area contributed by atoms with Crippen molar-refractivity contribution in [2.45, 2.75) is 12.9 Å². The number of nitrogens with one attached hydrogen (secondary N) is 2. The van der Waals surface area contributed by atoms with Crippen molar-refractivity contribution >= 4 is 11.7 Å². The number of aromatic amines is 1. The third-order valence-electron chi connectivity index (χ3n) is 2.54. The predicted molar refractivity (Wildman–Crippen MR) is 67.3 cm³/mol. The number of benzene rings is 1. The molecule has 1 amide bonds. The summed E-state index contributed by atoms with van der Waals surface area (Å²) in [5, 5.41) is 8.78. The van der Waals surface area contributed by atoms with Gasteiger partial charge >= 0.3 is 6.36 Å². The molecule has 21 heavy (non-hydrogen) atoms. The molecule has 0 spiro atoms. The van der Waals surface area contributed by atoms with Gasteiger partial charge in [-0.05, 0) is 24.3 Å². The molecular formula is C12H11F3N4O2. The Bertz CT molecular complexity index is 622. The van der Waals surface area contributed by atoms with E-state index < -0.39 is 18.0 Å². The first kappa shape index (κ1) is 14.7. The Morgan fingerprint density at radius 2 is 2.00 bits per heavy atom. The second-order valence-electron chi connectivity index (χ2n) is 4.06. The molecule has 1 aromatic carbocycles. The summed E-state index contributed by atoms with van der Waals surface area (Å²) >= 11 is 0. The zero-order valence-electron chi connectivity index (χ0n) is 10.6. The van der Waals surface area contributed by atoms with Crippen LogP contribution in [0.2, 0.25) is 0 Å². The summed E-state index contributed by atoms with van der Waals surface area (Å²) < 4.78 is 39.7. The first-order chi connectivity index (χ1) is 9.85. The molecule has 0 saturated carbocycles. The van der Waals surface area contributed by atoms with Gasteiger partial charge in [-0.2, -0.15) is 5.10 Å². The van der Waals surface area contributed by atoms with Gasteiger partial charge in [0.25, 0.3) is 5.91 Å². The van der Waals surface area contributed by atoms with Crippen LogP contribution in [0.4, 0.5) is 19.0 Å². The van der Waals surface area contributed by atoms with Gasteiger partial charge in [0.05, 0.1) is 6.20 Å². The van der Waals surface area contributed by atoms with Gasteiger partial charge in [0.2, 0.25) is 0 Å². The van der Waals surface area contributed by atoms with Crippen LogP contribution in [0.5, 0.6) is 5.75 Å². The fourth-order valence-electron chi connectivity index (χ4n) is 1.55. The fourth-order valence-corrected chi connectivity index (χ4v) is 1.55. The largest absolute Gasteiger partial charge is 0.573 e. The number of aromatic nitrogens is 2. The standard InChI is InChI=1S/C12H11F3N4O2/c13-12(14,15)21-9-3-1-7(2-4-9)11(20)17-5-8-6-18-19-10(8)16/h1-4,6H,5H2,(H,17,20)(H3,16,18,19). The molecule has 112 valence electrons. The maximum Gasteiger partial charge on any atom is 0.573 e. The molecular weight excluding hydrogens is 289 g/mol. The minimum atomic E-state index is -4.76. The lowest BCUT2D eigenvalue weighted by Crippen LogP contribution is -2.23. The van der Waals surface area contributed by atoms with Gasteiger partial charge < -0.3 is 15.8 Å². The van der Waals surface area contributed by atoms with Crippen molar-refractivity contribution < 1.29 is 22.7 Å².